The highest BCUT2D eigenvalue weighted by Crippen LogP contribution is 2.22. The first kappa shape index (κ1) is 18.6. The van der Waals surface area contributed by atoms with Crippen molar-refractivity contribution in [1.29, 1.82) is 0 Å². The fourth-order valence-corrected chi connectivity index (χ4v) is 2.65. The Morgan fingerprint density at radius 1 is 1.00 bits per heavy atom. The highest BCUT2D eigenvalue weighted by molar-refractivity contribution is 5.94. The van der Waals surface area contributed by atoms with Crippen LogP contribution in [0.25, 0.3) is 0 Å². The Hall–Kier alpha value is -3.14. The van der Waals surface area contributed by atoms with E-state index in [4.69, 9.17) is 4.74 Å². The summed E-state index contributed by atoms with van der Waals surface area (Å²) < 4.78 is 5.73. The topological polar surface area (TPSA) is 51.2 Å². The summed E-state index contributed by atoms with van der Waals surface area (Å²) in [6.07, 6.45) is 1.68. The molecular weight excluding hydrogens is 336 g/mol. The summed E-state index contributed by atoms with van der Waals surface area (Å²) >= 11 is 0. The van der Waals surface area contributed by atoms with Crippen molar-refractivity contribution in [3.05, 3.63) is 89.6 Å². The minimum Gasteiger partial charge on any atom is -0.439 e. The van der Waals surface area contributed by atoms with E-state index >= 15 is 0 Å². The number of carbonyl (C=O) groups is 1. The van der Waals surface area contributed by atoms with Crippen molar-refractivity contribution < 1.29 is 9.53 Å². The van der Waals surface area contributed by atoms with Gasteiger partial charge in [0.05, 0.1) is 0 Å². The van der Waals surface area contributed by atoms with E-state index in [1.165, 1.54) is 5.56 Å². The van der Waals surface area contributed by atoms with E-state index in [0.29, 0.717) is 23.7 Å². The van der Waals surface area contributed by atoms with Gasteiger partial charge in [-0.25, -0.2) is 4.98 Å². The molecule has 4 heteroatoms. The lowest BCUT2D eigenvalue weighted by Crippen LogP contribution is -2.23. The summed E-state index contributed by atoms with van der Waals surface area (Å²) in [6, 6.07) is 20.9. The van der Waals surface area contributed by atoms with Gasteiger partial charge in [-0.05, 0) is 46.9 Å². The second-order valence-electron chi connectivity index (χ2n) is 7.43. The smallest absolute Gasteiger partial charge is 0.251 e. The molecule has 3 rings (SSSR count). The average Bonchev–Trinajstić information content (AvgIpc) is 2.67. The van der Waals surface area contributed by atoms with E-state index in [2.05, 4.69) is 31.1 Å². The van der Waals surface area contributed by atoms with Crippen LogP contribution in [0.15, 0.2) is 72.9 Å². The zero-order valence-corrected chi connectivity index (χ0v) is 15.9. The lowest BCUT2D eigenvalue weighted by molar-refractivity contribution is 0.0951. The van der Waals surface area contributed by atoms with Gasteiger partial charge in [0.25, 0.3) is 5.91 Å². The minimum absolute atomic E-state index is 0.0725. The maximum atomic E-state index is 12.4. The van der Waals surface area contributed by atoms with Crippen molar-refractivity contribution in [2.45, 2.75) is 32.7 Å². The molecule has 1 amide bonds. The predicted molar refractivity (Wildman–Crippen MR) is 107 cm³/mol. The van der Waals surface area contributed by atoms with Gasteiger partial charge < -0.3 is 10.1 Å². The van der Waals surface area contributed by atoms with Crippen molar-refractivity contribution in [1.82, 2.24) is 10.3 Å². The summed E-state index contributed by atoms with van der Waals surface area (Å²) in [6.45, 7) is 6.89. The van der Waals surface area contributed by atoms with E-state index in [1.54, 1.807) is 12.3 Å². The molecule has 0 bridgehead atoms. The molecule has 1 aromatic heterocycles. The minimum atomic E-state index is -0.0912. The Morgan fingerprint density at radius 2 is 1.78 bits per heavy atom. The van der Waals surface area contributed by atoms with Crippen LogP contribution in [0.4, 0.5) is 0 Å². The molecule has 0 saturated heterocycles. The van der Waals surface area contributed by atoms with E-state index in [1.807, 2.05) is 60.7 Å². The Labute approximate surface area is 160 Å². The maximum absolute atomic E-state index is 12.4. The molecular formula is C23H24N2O2. The van der Waals surface area contributed by atoms with E-state index in [-0.39, 0.29) is 11.3 Å². The van der Waals surface area contributed by atoms with Gasteiger partial charge in [-0.15, -0.1) is 0 Å². The molecule has 1 N–H and O–H groups in total. The van der Waals surface area contributed by atoms with Crippen LogP contribution >= 0.6 is 0 Å². The lowest BCUT2D eigenvalue weighted by Gasteiger charge is -2.19. The average molecular weight is 360 g/mol. The van der Waals surface area contributed by atoms with E-state index < -0.39 is 0 Å². The van der Waals surface area contributed by atoms with Crippen molar-refractivity contribution in [2.24, 2.45) is 0 Å². The summed E-state index contributed by atoms with van der Waals surface area (Å²) in [7, 11) is 0. The first-order valence-corrected chi connectivity index (χ1v) is 8.98. The van der Waals surface area contributed by atoms with Crippen molar-refractivity contribution in [3.8, 4) is 11.6 Å². The zero-order valence-electron chi connectivity index (χ0n) is 15.9. The Kier molecular flexibility index (Phi) is 5.55. The fourth-order valence-electron chi connectivity index (χ4n) is 2.65. The van der Waals surface area contributed by atoms with Gasteiger partial charge >= 0.3 is 0 Å². The fraction of sp³-hybridized carbons (Fsp3) is 0.217. The molecule has 0 aliphatic heterocycles. The van der Waals surface area contributed by atoms with Crippen LogP contribution in [0.2, 0.25) is 0 Å². The number of amides is 1. The molecule has 0 radical (unpaired) electrons. The van der Waals surface area contributed by atoms with Crippen molar-refractivity contribution in [3.63, 3.8) is 0 Å². The standard InChI is InChI=1S/C23H24N2O2/c1-23(2,3)19-12-10-18(11-13-19)22(26)25-16-17-7-6-8-20(15-17)27-21-9-4-5-14-24-21/h4-15H,16H2,1-3H3,(H,25,26). The summed E-state index contributed by atoms with van der Waals surface area (Å²) in [5, 5.41) is 2.95. The number of nitrogens with zero attached hydrogens (tertiary/aromatic N) is 1. The van der Waals surface area contributed by atoms with Crippen LogP contribution in [-0.4, -0.2) is 10.9 Å². The van der Waals surface area contributed by atoms with Crippen LogP contribution in [0.3, 0.4) is 0 Å². The molecule has 3 aromatic rings. The van der Waals surface area contributed by atoms with Gasteiger partial charge in [0.15, 0.2) is 0 Å². The first-order chi connectivity index (χ1) is 12.9. The van der Waals surface area contributed by atoms with Crippen LogP contribution < -0.4 is 10.1 Å². The number of aromatic nitrogens is 1. The zero-order chi connectivity index (χ0) is 19.3. The number of hydrogen-bond acceptors (Lipinski definition) is 3. The third kappa shape index (κ3) is 5.17. The molecule has 0 unspecified atom stereocenters. The summed E-state index contributed by atoms with van der Waals surface area (Å²) in [4.78, 5) is 16.6. The Morgan fingerprint density at radius 3 is 2.44 bits per heavy atom. The van der Waals surface area contributed by atoms with Crippen LogP contribution in [0.1, 0.15) is 42.3 Å². The van der Waals surface area contributed by atoms with Gasteiger partial charge in [0.1, 0.15) is 5.75 Å². The number of hydrogen-bond donors (Lipinski definition) is 1. The van der Waals surface area contributed by atoms with Crippen LogP contribution in [0, 0.1) is 0 Å². The number of benzene rings is 2. The molecule has 0 aliphatic rings. The molecule has 0 spiro atoms. The van der Waals surface area contributed by atoms with Gasteiger partial charge in [0.2, 0.25) is 5.88 Å². The molecule has 1 heterocycles. The first-order valence-electron chi connectivity index (χ1n) is 8.98. The quantitative estimate of drug-likeness (QED) is 0.688. The second-order valence-corrected chi connectivity index (χ2v) is 7.43. The summed E-state index contributed by atoms with van der Waals surface area (Å²) in [5.41, 5.74) is 2.90. The van der Waals surface area contributed by atoms with Crippen LogP contribution in [0.5, 0.6) is 11.6 Å². The monoisotopic (exact) mass is 360 g/mol. The van der Waals surface area contributed by atoms with E-state index in [9.17, 15) is 4.79 Å². The number of pyridine rings is 1. The molecule has 138 valence electrons. The molecule has 0 saturated carbocycles. The van der Waals surface area contributed by atoms with Crippen molar-refractivity contribution in [2.75, 3.05) is 0 Å². The normalized spacial score (nSPS) is 11.1. The number of rotatable bonds is 5. The molecule has 4 nitrogen and oxygen atoms in total. The highest BCUT2D eigenvalue weighted by Gasteiger charge is 2.14. The van der Waals surface area contributed by atoms with Crippen molar-refractivity contribution >= 4 is 5.91 Å². The van der Waals surface area contributed by atoms with E-state index in [0.717, 1.165) is 5.56 Å². The molecule has 2 aromatic carbocycles. The largest absolute Gasteiger partial charge is 0.439 e. The highest BCUT2D eigenvalue weighted by atomic mass is 16.5. The third-order valence-electron chi connectivity index (χ3n) is 4.22. The van der Waals surface area contributed by atoms with Gasteiger partial charge in [0, 0.05) is 24.4 Å². The lowest BCUT2D eigenvalue weighted by atomic mass is 9.87. The van der Waals surface area contributed by atoms with Gasteiger partial charge in [-0.3, -0.25) is 4.79 Å². The molecule has 27 heavy (non-hydrogen) atoms. The Balaban J connectivity index is 1.61. The second kappa shape index (κ2) is 8.04. The van der Waals surface area contributed by atoms with Gasteiger partial charge in [-0.2, -0.15) is 0 Å². The molecule has 0 fully saturated rings. The number of carbonyl (C=O) groups excluding carboxylic acids is 1. The Bertz CT molecular complexity index is 898. The van der Waals surface area contributed by atoms with Crippen LogP contribution in [-0.2, 0) is 12.0 Å². The summed E-state index contributed by atoms with van der Waals surface area (Å²) in [5.74, 6) is 1.14. The predicted octanol–water partition coefficient (Wildman–Crippen LogP) is 5.10. The van der Waals surface area contributed by atoms with Gasteiger partial charge in [-0.1, -0.05) is 51.1 Å². The maximum Gasteiger partial charge on any atom is 0.251 e. The number of ether oxygens (including phenoxy) is 1. The molecule has 0 atom stereocenters. The number of nitrogens with one attached hydrogen (secondary N) is 1. The third-order valence-corrected chi connectivity index (χ3v) is 4.22. The molecule has 0 aliphatic carbocycles. The SMILES string of the molecule is CC(C)(C)c1ccc(C(=O)NCc2cccc(Oc3ccccn3)c2)cc1.